The van der Waals surface area contributed by atoms with Gasteiger partial charge in [0.05, 0.1) is 0 Å². The summed E-state index contributed by atoms with van der Waals surface area (Å²) >= 11 is 0. The molecule has 1 aliphatic heterocycles. The first kappa shape index (κ1) is 15.7. The standard InChI is InChI=1S/C15H15N5O4/c1-10(21)19-5-4-11-6-12(2-3-13(11)19)17-15(22)8-18-7-14(16-9-18)20(23)24/h2-3,6-7,9H,4-5,8H2,1H3,(H,17,22). The number of nitrogens with zero attached hydrogens (tertiary/aromatic N) is 4. The molecule has 2 aromatic rings. The van der Waals surface area contributed by atoms with Crippen molar-refractivity contribution >= 4 is 29.0 Å². The van der Waals surface area contributed by atoms with Crippen LogP contribution in [0.5, 0.6) is 0 Å². The maximum Gasteiger partial charge on any atom is 0.381 e. The van der Waals surface area contributed by atoms with Gasteiger partial charge in [0.1, 0.15) is 12.7 Å². The quantitative estimate of drug-likeness (QED) is 0.672. The van der Waals surface area contributed by atoms with E-state index >= 15 is 0 Å². The summed E-state index contributed by atoms with van der Waals surface area (Å²) in [5.74, 6) is -0.624. The first-order chi connectivity index (χ1) is 11.4. The van der Waals surface area contributed by atoms with E-state index in [4.69, 9.17) is 0 Å². The molecule has 1 aliphatic rings. The molecule has 24 heavy (non-hydrogen) atoms. The van der Waals surface area contributed by atoms with Crippen molar-refractivity contribution in [1.82, 2.24) is 9.55 Å². The molecule has 2 heterocycles. The van der Waals surface area contributed by atoms with Crippen LogP contribution in [0.1, 0.15) is 12.5 Å². The van der Waals surface area contributed by atoms with Crippen LogP contribution in [0.25, 0.3) is 0 Å². The van der Waals surface area contributed by atoms with Crippen molar-refractivity contribution in [1.29, 1.82) is 0 Å². The second kappa shape index (κ2) is 6.11. The highest BCUT2D eigenvalue weighted by atomic mass is 16.6. The van der Waals surface area contributed by atoms with E-state index in [1.54, 1.807) is 17.0 Å². The van der Waals surface area contributed by atoms with E-state index in [1.165, 1.54) is 24.0 Å². The third-order valence-corrected chi connectivity index (χ3v) is 3.77. The third kappa shape index (κ3) is 3.09. The van der Waals surface area contributed by atoms with E-state index < -0.39 is 4.92 Å². The van der Waals surface area contributed by atoms with Crippen LogP contribution in [0.15, 0.2) is 30.7 Å². The molecule has 1 aromatic carbocycles. The molecule has 0 aliphatic carbocycles. The van der Waals surface area contributed by atoms with E-state index in [-0.39, 0.29) is 24.2 Å². The highest BCUT2D eigenvalue weighted by molar-refractivity contribution is 5.95. The van der Waals surface area contributed by atoms with Crippen LogP contribution in [0, 0.1) is 10.1 Å². The summed E-state index contributed by atoms with van der Waals surface area (Å²) in [6, 6.07) is 5.38. The molecule has 1 N–H and O–H groups in total. The Hall–Kier alpha value is -3.23. The van der Waals surface area contributed by atoms with E-state index in [1.807, 2.05) is 6.07 Å². The first-order valence-corrected chi connectivity index (χ1v) is 7.31. The third-order valence-electron chi connectivity index (χ3n) is 3.77. The molecule has 0 saturated heterocycles. The van der Waals surface area contributed by atoms with Crippen molar-refractivity contribution in [2.45, 2.75) is 19.9 Å². The van der Waals surface area contributed by atoms with Gasteiger partial charge in [-0.15, -0.1) is 0 Å². The fourth-order valence-electron chi connectivity index (χ4n) is 2.70. The smallest absolute Gasteiger partial charge is 0.358 e. The maximum absolute atomic E-state index is 12.0. The highest BCUT2D eigenvalue weighted by Gasteiger charge is 2.22. The van der Waals surface area contributed by atoms with Crippen LogP contribution in [-0.4, -0.2) is 32.8 Å². The molecular formula is C15H15N5O4. The van der Waals surface area contributed by atoms with Gasteiger partial charge in [-0.2, -0.15) is 0 Å². The monoisotopic (exact) mass is 329 g/mol. The number of imidazole rings is 1. The van der Waals surface area contributed by atoms with Gasteiger partial charge in [0, 0.05) is 24.8 Å². The van der Waals surface area contributed by atoms with Crippen LogP contribution in [0.3, 0.4) is 0 Å². The number of amides is 2. The fraction of sp³-hybridized carbons (Fsp3) is 0.267. The lowest BCUT2D eigenvalue weighted by atomic mass is 10.1. The number of aromatic nitrogens is 2. The number of hydrogen-bond acceptors (Lipinski definition) is 5. The molecule has 1 aromatic heterocycles. The molecule has 2 amide bonds. The number of nitro groups is 1. The molecule has 9 nitrogen and oxygen atoms in total. The van der Waals surface area contributed by atoms with Gasteiger partial charge in [0.15, 0.2) is 0 Å². The second-order valence-electron chi connectivity index (χ2n) is 5.47. The Labute approximate surface area is 137 Å². The van der Waals surface area contributed by atoms with Gasteiger partial charge in [-0.1, -0.05) is 0 Å². The van der Waals surface area contributed by atoms with Gasteiger partial charge < -0.3 is 24.9 Å². The molecule has 0 saturated carbocycles. The highest BCUT2D eigenvalue weighted by Crippen LogP contribution is 2.30. The van der Waals surface area contributed by atoms with Crippen LogP contribution in [0.2, 0.25) is 0 Å². The molecule has 0 unspecified atom stereocenters. The van der Waals surface area contributed by atoms with Gasteiger partial charge in [0.25, 0.3) is 0 Å². The molecule has 3 rings (SSSR count). The SMILES string of the molecule is CC(=O)N1CCc2cc(NC(=O)Cn3cnc([N+](=O)[O-])c3)ccc21. The largest absolute Gasteiger partial charge is 0.381 e. The Balaban J connectivity index is 1.67. The molecular weight excluding hydrogens is 314 g/mol. The zero-order chi connectivity index (χ0) is 17.3. The van der Waals surface area contributed by atoms with E-state index in [0.29, 0.717) is 12.2 Å². The van der Waals surface area contributed by atoms with Gasteiger partial charge in [-0.3, -0.25) is 9.59 Å². The first-order valence-electron chi connectivity index (χ1n) is 7.31. The molecule has 124 valence electrons. The lowest BCUT2D eigenvalue weighted by Gasteiger charge is -2.15. The minimum atomic E-state index is -0.615. The van der Waals surface area contributed by atoms with Crippen LogP contribution in [0.4, 0.5) is 17.2 Å². The zero-order valence-corrected chi connectivity index (χ0v) is 12.9. The van der Waals surface area contributed by atoms with Crippen LogP contribution < -0.4 is 10.2 Å². The van der Waals surface area contributed by atoms with Crippen molar-refractivity contribution in [2.24, 2.45) is 0 Å². The van der Waals surface area contributed by atoms with E-state index in [2.05, 4.69) is 10.3 Å². The predicted molar refractivity (Wildman–Crippen MR) is 85.7 cm³/mol. The number of benzene rings is 1. The van der Waals surface area contributed by atoms with Gasteiger partial charge in [0.2, 0.25) is 18.1 Å². The number of rotatable bonds is 4. The number of carbonyl (C=O) groups is 2. The van der Waals surface area contributed by atoms with Crippen molar-refractivity contribution in [2.75, 3.05) is 16.8 Å². The minimum absolute atomic E-state index is 0.00719. The van der Waals surface area contributed by atoms with E-state index in [0.717, 1.165) is 17.7 Å². The Morgan fingerprint density at radius 2 is 2.21 bits per heavy atom. The van der Waals surface area contributed by atoms with Crippen molar-refractivity contribution in [3.05, 3.63) is 46.4 Å². The van der Waals surface area contributed by atoms with Crippen molar-refractivity contribution < 1.29 is 14.5 Å². The number of hydrogen-bond donors (Lipinski definition) is 1. The number of fused-ring (bicyclic) bond motifs is 1. The summed E-state index contributed by atoms with van der Waals surface area (Å²) in [6.07, 6.45) is 3.19. The molecule has 0 atom stereocenters. The molecule has 0 spiro atoms. The summed E-state index contributed by atoms with van der Waals surface area (Å²) in [5.41, 5.74) is 2.49. The van der Waals surface area contributed by atoms with Gasteiger partial charge in [-0.05, 0) is 40.1 Å². The second-order valence-corrected chi connectivity index (χ2v) is 5.47. The summed E-state index contributed by atoms with van der Waals surface area (Å²) < 4.78 is 1.35. The Bertz CT molecular complexity index is 829. The Kier molecular flexibility index (Phi) is 3.98. The molecule has 0 bridgehead atoms. The van der Waals surface area contributed by atoms with Crippen LogP contribution in [-0.2, 0) is 22.6 Å². The molecule has 0 radical (unpaired) electrons. The Morgan fingerprint density at radius 1 is 1.42 bits per heavy atom. The summed E-state index contributed by atoms with van der Waals surface area (Å²) in [4.78, 5) is 38.8. The van der Waals surface area contributed by atoms with Crippen molar-refractivity contribution in [3.63, 3.8) is 0 Å². The summed E-state index contributed by atoms with van der Waals surface area (Å²) in [6.45, 7) is 2.09. The minimum Gasteiger partial charge on any atom is -0.358 e. The predicted octanol–water partition coefficient (Wildman–Crippen LogP) is 1.34. The average Bonchev–Trinajstić information content (AvgIpc) is 3.13. The Morgan fingerprint density at radius 3 is 2.88 bits per heavy atom. The normalized spacial score (nSPS) is 12.8. The van der Waals surface area contributed by atoms with Gasteiger partial charge in [-0.25, -0.2) is 0 Å². The number of nitrogens with one attached hydrogen (secondary N) is 1. The molecule has 9 heteroatoms. The topological polar surface area (TPSA) is 110 Å². The van der Waals surface area contributed by atoms with Crippen molar-refractivity contribution in [3.8, 4) is 0 Å². The zero-order valence-electron chi connectivity index (χ0n) is 12.9. The lowest BCUT2D eigenvalue weighted by molar-refractivity contribution is -0.389. The van der Waals surface area contributed by atoms with E-state index in [9.17, 15) is 19.7 Å². The number of anilines is 2. The average molecular weight is 329 g/mol. The molecule has 0 fully saturated rings. The maximum atomic E-state index is 12.0. The van der Waals surface area contributed by atoms with Gasteiger partial charge >= 0.3 is 5.82 Å². The fourth-order valence-corrected chi connectivity index (χ4v) is 2.70. The lowest BCUT2D eigenvalue weighted by Crippen LogP contribution is -2.25. The van der Waals surface area contributed by atoms with Crippen LogP contribution >= 0.6 is 0 Å². The summed E-state index contributed by atoms with van der Waals surface area (Å²) in [5, 5.41) is 13.3. The summed E-state index contributed by atoms with van der Waals surface area (Å²) in [7, 11) is 0. The number of carbonyl (C=O) groups excluding carboxylic acids is 2.